The molecule has 0 aromatic heterocycles. The molecule has 2 aromatic carbocycles. The van der Waals surface area contributed by atoms with Crippen LogP contribution in [-0.4, -0.2) is 45.4 Å². The van der Waals surface area contributed by atoms with Gasteiger partial charge in [0.05, 0.1) is 12.0 Å². The molecular formula is C20H21FN2O4S. The van der Waals surface area contributed by atoms with Crippen LogP contribution in [0.1, 0.15) is 12.8 Å². The first-order valence-corrected chi connectivity index (χ1v) is 10.5. The zero-order valence-corrected chi connectivity index (χ0v) is 16.3. The fraction of sp³-hybridized carbons (Fsp3) is 0.350. The fourth-order valence-electron chi connectivity index (χ4n) is 4.04. The highest BCUT2D eigenvalue weighted by atomic mass is 32.2. The van der Waals surface area contributed by atoms with Crippen molar-refractivity contribution in [3.63, 3.8) is 0 Å². The maximum absolute atomic E-state index is 13.2. The number of carbonyl (C=O) groups is 1. The minimum absolute atomic E-state index is 0.0627. The number of ether oxygens (including phenoxy) is 1. The lowest BCUT2D eigenvalue weighted by Gasteiger charge is -2.24. The molecule has 2 heterocycles. The molecule has 2 saturated heterocycles. The Bertz CT molecular complexity index is 1010. The lowest BCUT2D eigenvalue weighted by atomic mass is 9.86. The van der Waals surface area contributed by atoms with Crippen molar-refractivity contribution in [2.24, 2.45) is 5.41 Å². The van der Waals surface area contributed by atoms with Gasteiger partial charge in [-0.05, 0) is 42.8 Å². The maximum atomic E-state index is 13.2. The van der Waals surface area contributed by atoms with E-state index in [1.165, 1.54) is 29.6 Å². The number of halogens is 1. The summed E-state index contributed by atoms with van der Waals surface area (Å²) in [6, 6.07) is 12.2. The van der Waals surface area contributed by atoms with Crippen LogP contribution in [0.4, 0.5) is 10.1 Å². The highest BCUT2D eigenvalue weighted by Gasteiger charge is 2.50. The van der Waals surface area contributed by atoms with Gasteiger partial charge in [0.1, 0.15) is 11.6 Å². The molecule has 1 atom stereocenters. The van der Waals surface area contributed by atoms with Crippen molar-refractivity contribution in [3.05, 3.63) is 54.3 Å². The van der Waals surface area contributed by atoms with Gasteiger partial charge in [0.15, 0.2) is 0 Å². The molecule has 1 amide bonds. The van der Waals surface area contributed by atoms with E-state index in [0.29, 0.717) is 30.9 Å². The first-order valence-electron chi connectivity index (χ1n) is 9.03. The number of hydrogen-bond donors (Lipinski definition) is 0. The van der Waals surface area contributed by atoms with Gasteiger partial charge in [0.25, 0.3) is 0 Å². The summed E-state index contributed by atoms with van der Waals surface area (Å²) in [4.78, 5) is 14.4. The van der Waals surface area contributed by atoms with Crippen LogP contribution in [0.25, 0.3) is 0 Å². The minimum Gasteiger partial charge on any atom is -0.497 e. The molecule has 0 unspecified atom stereocenters. The Kier molecular flexibility index (Phi) is 4.63. The fourth-order valence-corrected chi connectivity index (χ4v) is 5.62. The smallest absolute Gasteiger partial charge is 0.243 e. The predicted molar refractivity (Wildman–Crippen MR) is 102 cm³/mol. The van der Waals surface area contributed by atoms with Gasteiger partial charge in [0, 0.05) is 43.2 Å². The molecule has 2 fully saturated rings. The van der Waals surface area contributed by atoms with Gasteiger partial charge in [-0.15, -0.1) is 0 Å². The number of rotatable bonds is 4. The van der Waals surface area contributed by atoms with E-state index in [4.69, 9.17) is 4.74 Å². The first-order chi connectivity index (χ1) is 13.3. The molecule has 2 aliphatic heterocycles. The summed E-state index contributed by atoms with van der Waals surface area (Å²) in [5, 5.41) is 0. The number of hydrogen-bond acceptors (Lipinski definition) is 4. The van der Waals surface area contributed by atoms with Crippen molar-refractivity contribution >= 4 is 21.6 Å². The molecule has 6 nitrogen and oxygen atoms in total. The van der Waals surface area contributed by atoms with Crippen molar-refractivity contribution in [3.8, 4) is 5.75 Å². The number of anilines is 1. The van der Waals surface area contributed by atoms with E-state index in [1.54, 1.807) is 35.2 Å². The van der Waals surface area contributed by atoms with Crippen LogP contribution in [0.3, 0.4) is 0 Å². The van der Waals surface area contributed by atoms with Crippen molar-refractivity contribution < 1.29 is 22.3 Å². The Morgan fingerprint density at radius 2 is 1.86 bits per heavy atom. The molecule has 1 spiro atoms. The molecule has 4 rings (SSSR count). The Balaban J connectivity index is 1.55. The Hall–Kier alpha value is -2.45. The second-order valence-electron chi connectivity index (χ2n) is 7.40. The maximum Gasteiger partial charge on any atom is 0.243 e. The molecule has 0 bridgehead atoms. The number of methoxy groups -OCH3 is 1. The van der Waals surface area contributed by atoms with Gasteiger partial charge in [-0.1, -0.05) is 6.07 Å². The molecule has 8 heteroatoms. The number of amides is 1. The second kappa shape index (κ2) is 6.86. The van der Waals surface area contributed by atoms with E-state index < -0.39 is 15.4 Å². The average molecular weight is 404 g/mol. The standard InChI is InChI=1S/C20H21FN2O4S/c1-27-17-3-2-4-18(11-17)28(25,26)22-10-9-20(13-22)12-19(24)23(14-20)16-7-5-15(21)6-8-16/h2-8,11H,9-10,12-14H2,1H3/t20-/m0/s1. The molecule has 0 aliphatic carbocycles. The van der Waals surface area contributed by atoms with Crippen LogP contribution in [0.2, 0.25) is 0 Å². The predicted octanol–water partition coefficient (Wildman–Crippen LogP) is 2.65. The van der Waals surface area contributed by atoms with Crippen molar-refractivity contribution in [2.45, 2.75) is 17.7 Å². The zero-order valence-electron chi connectivity index (χ0n) is 15.5. The highest BCUT2D eigenvalue weighted by molar-refractivity contribution is 7.89. The van der Waals surface area contributed by atoms with Crippen molar-refractivity contribution in [1.82, 2.24) is 4.31 Å². The van der Waals surface area contributed by atoms with Crippen LogP contribution in [0, 0.1) is 11.2 Å². The molecule has 148 valence electrons. The van der Waals surface area contributed by atoms with E-state index in [9.17, 15) is 17.6 Å². The van der Waals surface area contributed by atoms with Gasteiger partial charge >= 0.3 is 0 Å². The molecular weight excluding hydrogens is 383 g/mol. The molecule has 0 radical (unpaired) electrons. The largest absolute Gasteiger partial charge is 0.497 e. The Morgan fingerprint density at radius 3 is 2.57 bits per heavy atom. The van der Waals surface area contributed by atoms with E-state index in [-0.39, 0.29) is 29.6 Å². The number of nitrogens with zero attached hydrogens (tertiary/aromatic N) is 2. The van der Waals surface area contributed by atoms with Crippen molar-refractivity contribution in [2.75, 3.05) is 31.6 Å². The van der Waals surface area contributed by atoms with Crippen LogP contribution in [0.15, 0.2) is 53.4 Å². The van der Waals surface area contributed by atoms with E-state index in [0.717, 1.165) is 0 Å². The Morgan fingerprint density at radius 1 is 1.11 bits per heavy atom. The molecule has 28 heavy (non-hydrogen) atoms. The second-order valence-corrected chi connectivity index (χ2v) is 9.34. The molecule has 0 saturated carbocycles. The summed E-state index contributed by atoms with van der Waals surface area (Å²) in [6.45, 7) is 1.08. The van der Waals surface area contributed by atoms with Gasteiger partial charge in [-0.2, -0.15) is 4.31 Å². The van der Waals surface area contributed by atoms with Gasteiger partial charge < -0.3 is 9.64 Å². The van der Waals surface area contributed by atoms with Gasteiger partial charge in [0.2, 0.25) is 15.9 Å². The Labute approximate surface area is 163 Å². The van der Waals surface area contributed by atoms with E-state index in [2.05, 4.69) is 0 Å². The third kappa shape index (κ3) is 3.27. The van der Waals surface area contributed by atoms with E-state index in [1.807, 2.05) is 0 Å². The lowest BCUT2D eigenvalue weighted by molar-refractivity contribution is -0.117. The van der Waals surface area contributed by atoms with E-state index >= 15 is 0 Å². The zero-order chi connectivity index (χ0) is 19.9. The lowest BCUT2D eigenvalue weighted by Crippen LogP contribution is -2.34. The van der Waals surface area contributed by atoms with Crippen molar-refractivity contribution in [1.29, 1.82) is 0 Å². The SMILES string of the molecule is COc1cccc(S(=O)(=O)N2CC[C@]3(CC(=O)N(c4ccc(F)cc4)C3)C2)c1. The summed E-state index contributed by atoms with van der Waals surface area (Å²) in [7, 11) is -2.18. The summed E-state index contributed by atoms with van der Waals surface area (Å²) in [5.74, 6) is 0.0577. The topological polar surface area (TPSA) is 66.9 Å². The van der Waals surface area contributed by atoms with Gasteiger partial charge in [-0.3, -0.25) is 4.79 Å². The number of benzene rings is 2. The number of carbonyl (C=O) groups excluding carboxylic acids is 1. The highest BCUT2D eigenvalue weighted by Crippen LogP contribution is 2.43. The number of sulfonamides is 1. The molecule has 0 N–H and O–H groups in total. The monoisotopic (exact) mass is 404 g/mol. The molecule has 2 aromatic rings. The van der Waals surface area contributed by atoms with Crippen LogP contribution in [0.5, 0.6) is 5.75 Å². The third-order valence-electron chi connectivity index (χ3n) is 5.54. The average Bonchev–Trinajstić information content (AvgIpc) is 3.26. The summed E-state index contributed by atoms with van der Waals surface area (Å²) in [6.07, 6.45) is 0.897. The third-order valence-corrected chi connectivity index (χ3v) is 7.38. The minimum atomic E-state index is -3.67. The normalized spacial score (nSPS) is 22.9. The summed E-state index contributed by atoms with van der Waals surface area (Å²) >= 11 is 0. The first kappa shape index (κ1) is 18.9. The quantitative estimate of drug-likeness (QED) is 0.786. The van der Waals surface area contributed by atoms with Crippen LogP contribution in [-0.2, 0) is 14.8 Å². The summed E-state index contributed by atoms with van der Waals surface area (Å²) in [5.41, 5.74) is 0.217. The summed E-state index contributed by atoms with van der Waals surface area (Å²) < 4.78 is 45.8. The van der Waals surface area contributed by atoms with Crippen LogP contribution >= 0.6 is 0 Å². The molecule has 2 aliphatic rings. The van der Waals surface area contributed by atoms with Gasteiger partial charge in [-0.25, -0.2) is 12.8 Å². The van der Waals surface area contributed by atoms with Crippen LogP contribution < -0.4 is 9.64 Å².